The first kappa shape index (κ1) is 24.4. The van der Waals surface area contributed by atoms with Crippen molar-refractivity contribution in [2.45, 2.75) is 61.3 Å². The molecular formula is C26H27F4NS2. The minimum Gasteiger partial charge on any atom is -0.242 e. The van der Waals surface area contributed by atoms with Gasteiger partial charge in [0.15, 0.2) is 0 Å². The van der Waals surface area contributed by atoms with Crippen molar-refractivity contribution >= 4 is 34.3 Å². The molecule has 0 heterocycles. The summed E-state index contributed by atoms with van der Waals surface area (Å²) < 4.78 is 52.6. The Morgan fingerprint density at radius 2 is 1.70 bits per heavy atom. The van der Waals surface area contributed by atoms with Crippen molar-refractivity contribution in [3.63, 3.8) is 0 Å². The molecule has 0 bridgehead atoms. The zero-order chi connectivity index (χ0) is 23.3. The number of hydrogen-bond donors (Lipinski definition) is 0. The fourth-order valence-electron chi connectivity index (χ4n) is 4.77. The van der Waals surface area contributed by atoms with Crippen molar-refractivity contribution in [3.8, 4) is 0 Å². The molecule has 176 valence electrons. The lowest BCUT2D eigenvalue weighted by atomic mass is 9.71. The molecule has 2 aromatic rings. The third kappa shape index (κ3) is 7.12. The monoisotopic (exact) mass is 493 g/mol. The topological polar surface area (TPSA) is 12.4 Å². The minimum absolute atomic E-state index is 0.288. The van der Waals surface area contributed by atoms with Crippen molar-refractivity contribution < 1.29 is 17.6 Å². The summed E-state index contributed by atoms with van der Waals surface area (Å²) in [5, 5.41) is 3.01. The maximum absolute atomic E-state index is 13.2. The fraction of sp³-hybridized carbons (Fsp3) is 0.423. The van der Waals surface area contributed by atoms with Crippen molar-refractivity contribution in [2.24, 2.45) is 16.8 Å². The van der Waals surface area contributed by atoms with Gasteiger partial charge in [-0.1, -0.05) is 43.5 Å². The molecule has 7 heteroatoms. The molecule has 1 nitrogen and oxygen atoms in total. The molecule has 2 fully saturated rings. The van der Waals surface area contributed by atoms with Crippen LogP contribution in [0.3, 0.4) is 0 Å². The van der Waals surface area contributed by atoms with Crippen LogP contribution in [0.5, 0.6) is 0 Å². The summed E-state index contributed by atoms with van der Waals surface area (Å²) in [5.74, 6) is 1.31. The SMILES string of the molecule is Fc1ccc(SC=CC(=Nc2cccc(C(F)(F)F)c2)SC2CCC3CCCCC3C2)cc1. The van der Waals surface area contributed by atoms with E-state index in [1.165, 1.54) is 62.1 Å². The van der Waals surface area contributed by atoms with Gasteiger partial charge in [-0.15, -0.1) is 11.8 Å². The van der Waals surface area contributed by atoms with E-state index in [1.54, 1.807) is 30.0 Å². The summed E-state index contributed by atoms with van der Waals surface area (Å²) in [6, 6.07) is 11.4. The van der Waals surface area contributed by atoms with E-state index in [0.29, 0.717) is 16.0 Å². The molecule has 2 aliphatic carbocycles. The highest BCUT2D eigenvalue weighted by Gasteiger charge is 2.33. The van der Waals surface area contributed by atoms with E-state index in [-0.39, 0.29) is 5.82 Å². The summed E-state index contributed by atoms with van der Waals surface area (Å²) in [5.41, 5.74) is -0.393. The number of benzene rings is 2. The predicted molar refractivity (Wildman–Crippen MR) is 131 cm³/mol. The van der Waals surface area contributed by atoms with Gasteiger partial charge in [-0.3, -0.25) is 0 Å². The Labute approximate surface area is 201 Å². The smallest absolute Gasteiger partial charge is 0.242 e. The fourth-order valence-corrected chi connectivity index (χ4v) is 6.75. The van der Waals surface area contributed by atoms with E-state index in [1.807, 2.05) is 11.5 Å². The van der Waals surface area contributed by atoms with E-state index < -0.39 is 11.7 Å². The van der Waals surface area contributed by atoms with Gasteiger partial charge in [0.1, 0.15) is 5.82 Å². The Morgan fingerprint density at radius 3 is 2.45 bits per heavy atom. The highest BCUT2D eigenvalue weighted by Crippen LogP contribution is 2.44. The maximum Gasteiger partial charge on any atom is 0.416 e. The zero-order valence-corrected chi connectivity index (χ0v) is 19.9. The number of hydrogen-bond acceptors (Lipinski definition) is 3. The number of nitrogens with zero attached hydrogens (tertiary/aromatic N) is 1. The highest BCUT2D eigenvalue weighted by atomic mass is 32.2. The van der Waals surface area contributed by atoms with Gasteiger partial charge < -0.3 is 0 Å². The number of halogens is 4. The van der Waals surface area contributed by atoms with Crippen LogP contribution in [-0.2, 0) is 6.18 Å². The molecule has 4 rings (SSSR count). The van der Waals surface area contributed by atoms with Crippen LogP contribution in [-0.4, -0.2) is 10.3 Å². The van der Waals surface area contributed by atoms with Crippen molar-refractivity contribution in [2.75, 3.05) is 0 Å². The first-order valence-corrected chi connectivity index (χ1v) is 13.1. The molecule has 0 N–H and O–H groups in total. The average molecular weight is 494 g/mol. The van der Waals surface area contributed by atoms with Gasteiger partial charge in [-0.05, 0) is 85.0 Å². The van der Waals surface area contributed by atoms with E-state index in [2.05, 4.69) is 4.99 Å². The van der Waals surface area contributed by atoms with E-state index in [4.69, 9.17) is 0 Å². The Morgan fingerprint density at radius 1 is 0.939 bits per heavy atom. The standard InChI is InChI=1S/C26H27F4NS2/c27-21-9-12-23(13-10-21)32-15-14-25(31-22-7-3-6-20(17-22)26(28,29)30)33-24-11-8-18-4-1-2-5-19(18)16-24/h3,6-7,9-10,12-15,17-19,24H,1-2,4-5,8,11,16H2. The minimum atomic E-state index is -4.40. The molecule has 0 aliphatic heterocycles. The normalized spacial score (nSPS) is 24.1. The van der Waals surface area contributed by atoms with Crippen LogP contribution in [0.25, 0.3) is 0 Å². The van der Waals surface area contributed by atoms with Gasteiger partial charge in [0.2, 0.25) is 0 Å². The van der Waals surface area contributed by atoms with Gasteiger partial charge in [0, 0.05) is 10.1 Å². The number of thioether (sulfide) groups is 2. The zero-order valence-electron chi connectivity index (χ0n) is 18.2. The van der Waals surface area contributed by atoms with Gasteiger partial charge >= 0.3 is 6.18 Å². The predicted octanol–water partition coefficient (Wildman–Crippen LogP) is 9.27. The van der Waals surface area contributed by atoms with Gasteiger partial charge in [-0.2, -0.15) is 13.2 Å². The molecule has 0 spiro atoms. The molecular weight excluding hydrogens is 466 g/mol. The summed E-state index contributed by atoms with van der Waals surface area (Å²) in [7, 11) is 0. The quantitative estimate of drug-likeness (QED) is 0.178. The molecule has 0 radical (unpaired) electrons. The molecule has 3 unspecified atom stereocenters. The van der Waals surface area contributed by atoms with Crippen LogP contribution in [0.15, 0.2) is 69.9 Å². The Hall–Kier alpha value is -1.73. The third-order valence-corrected chi connectivity index (χ3v) is 8.47. The molecule has 0 amide bonds. The molecule has 2 aliphatic rings. The Bertz CT molecular complexity index is 985. The molecule has 2 aromatic carbocycles. The molecule has 2 saturated carbocycles. The van der Waals surface area contributed by atoms with E-state index in [0.717, 1.165) is 41.7 Å². The average Bonchev–Trinajstić information content (AvgIpc) is 2.80. The first-order valence-electron chi connectivity index (χ1n) is 11.4. The third-order valence-electron chi connectivity index (χ3n) is 6.42. The molecule has 33 heavy (non-hydrogen) atoms. The number of alkyl halides is 3. The number of aliphatic imine (C=N–C) groups is 1. The Balaban J connectivity index is 1.51. The summed E-state index contributed by atoms with van der Waals surface area (Å²) in [6.07, 6.45) is 6.23. The lowest BCUT2D eigenvalue weighted by molar-refractivity contribution is -0.137. The summed E-state index contributed by atoms with van der Waals surface area (Å²) in [4.78, 5) is 5.48. The summed E-state index contributed by atoms with van der Waals surface area (Å²) in [6.45, 7) is 0. The van der Waals surface area contributed by atoms with Crippen LogP contribution in [0.4, 0.5) is 23.2 Å². The second-order valence-electron chi connectivity index (χ2n) is 8.73. The molecule has 0 aromatic heterocycles. The maximum atomic E-state index is 13.2. The first-order chi connectivity index (χ1) is 15.9. The second kappa shape index (κ2) is 11.1. The van der Waals surface area contributed by atoms with Gasteiger partial charge in [0.25, 0.3) is 0 Å². The van der Waals surface area contributed by atoms with Gasteiger partial charge in [0.05, 0.1) is 16.3 Å². The number of rotatable bonds is 5. The Kier molecular flexibility index (Phi) is 8.23. The van der Waals surface area contributed by atoms with Crippen molar-refractivity contribution in [3.05, 3.63) is 71.4 Å². The molecule has 0 saturated heterocycles. The van der Waals surface area contributed by atoms with Crippen molar-refractivity contribution in [1.82, 2.24) is 0 Å². The lowest BCUT2D eigenvalue weighted by Crippen LogP contribution is -2.29. The largest absolute Gasteiger partial charge is 0.416 e. The van der Waals surface area contributed by atoms with Crippen LogP contribution in [0.2, 0.25) is 0 Å². The molecule has 3 atom stereocenters. The van der Waals surface area contributed by atoms with Crippen LogP contribution in [0.1, 0.15) is 50.5 Å². The highest BCUT2D eigenvalue weighted by molar-refractivity contribution is 8.15. The van der Waals surface area contributed by atoms with Gasteiger partial charge in [-0.25, -0.2) is 9.38 Å². The number of fused-ring (bicyclic) bond motifs is 1. The van der Waals surface area contributed by atoms with Crippen LogP contribution < -0.4 is 0 Å². The lowest BCUT2D eigenvalue weighted by Gasteiger charge is -2.39. The van der Waals surface area contributed by atoms with E-state index in [9.17, 15) is 17.6 Å². The van der Waals surface area contributed by atoms with Crippen LogP contribution in [0, 0.1) is 17.7 Å². The van der Waals surface area contributed by atoms with E-state index >= 15 is 0 Å². The second-order valence-corrected chi connectivity index (χ2v) is 11.0. The summed E-state index contributed by atoms with van der Waals surface area (Å²) >= 11 is 3.11. The van der Waals surface area contributed by atoms with Crippen molar-refractivity contribution in [1.29, 1.82) is 0 Å². The van der Waals surface area contributed by atoms with Crippen LogP contribution >= 0.6 is 23.5 Å².